The molecule has 0 spiro atoms. The first-order valence-corrected chi connectivity index (χ1v) is 20.1. The van der Waals surface area contributed by atoms with Crippen molar-refractivity contribution in [3.8, 4) is 51.0 Å². The van der Waals surface area contributed by atoms with E-state index in [1.807, 2.05) is 36.4 Å². The highest BCUT2D eigenvalue weighted by atomic mass is 15.2. The number of fused-ring (bicyclic) bond motifs is 5. The number of rotatable bonds is 6. The van der Waals surface area contributed by atoms with Crippen LogP contribution >= 0.6 is 0 Å². The molecule has 0 unspecified atom stereocenters. The molecule has 280 valence electrons. The molecule has 2 aromatic heterocycles. The van der Waals surface area contributed by atoms with Gasteiger partial charge in [-0.1, -0.05) is 153 Å². The number of nitrogens with zero attached hydrogens (tertiary/aromatic N) is 5. The fraction of sp³-hybridized carbons (Fsp3) is 0.0556. The van der Waals surface area contributed by atoms with Gasteiger partial charge in [0.05, 0.1) is 28.1 Å². The highest BCUT2D eigenvalue weighted by Gasteiger charge is 2.38. The molecule has 0 saturated carbocycles. The van der Waals surface area contributed by atoms with Crippen LogP contribution in [0.3, 0.4) is 0 Å². The zero-order valence-corrected chi connectivity index (χ0v) is 32.8. The lowest BCUT2D eigenvalue weighted by Crippen LogP contribution is -2.30. The monoisotopic (exact) mass is 757 g/mol. The summed E-state index contributed by atoms with van der Waals surface area (Å²) in [5.74, 6) is 1.90. The summed E-state index contributed by atoms with van der Waals surface area (Å²) in [5.41, 5.74) is 14.2. The quantitative estimate of drug-likeness (QED) is 0.169. The second-order valence-electron chi connectivity index (χ2n) is 15.7. The first kappa shape index (κ1) is 34.6. The van der Waals surface area contributed by atoms with E-state index in [0.29, 0.717) is 17.5 Å². The molecular weight excluding hydrogens is 719 g/mol. The average Bonchev–Trinajstić information content (AvgIpc) is 3.64. The first-order chi connectivity index (χ1) is 29.0. The van der Waals surface area contributed by atoms with Crippen LogP contribution in [0.4, 0.5) is 17.1 Å². The van der Waals surface area contributed by atoms with Gasteiger partial charge < -0.3 is 9.47 Å². The van der Waals surface area contributed by atoms with Crippen molar-refractivity contribution in [1.82, 2.24) is 19.5 Å². The Hall–Kier alpha value is -7.63. The van der Waals surface area contributed by atoms with E-state index >= 15 is 0 Å². The Morgan fingerprint density at radius 1 is 0.373 bits per heavy atom. The van der Waals surface area contributed by atoms with Crippen molar-refractivity contribution in [3.05, 3.63) is 211 Å². The predicted molar refractivity (Wildman–Crippen MR) is 243 cm³/mol. The van der Waals surface area contributed by atoms with E-state index in [9.17, 15) is 0 Å². The SMILES string of the molecule is CC1(C)c2ccccc2N(c2ccccc2-c2nc(-c3ccccc3)nc(-c3ccccc3)n2)c2ccc(-c3ccc4c(c3)c3ccccc3n4-c3ccccc3)cc21. The van der Waals surface area contributed by atoms with E-state index in [-0.39, 0.29) is 5.41 Å². The van der Waals surface area contributed by atoms with Crippen LogP contribution in [0.15, 0.2) is 200 Å². The van der Waals surface area contributed by atoms with Gasteiger partial charge in [-0.3, -0.25) is 0 Å². The first-order valence-electron chi connectivity index (χ1n) is 20.1. The van der Waals surface area contributed by atoms with Crippen LogP contribution in [0.25, 0.3) is 72.8 Å². The second kappa shape index (κ2) is 13.8. The lowest BCUT2D eigenvalue weighted by molar-refractivity contribution is 0.632. The smallest absolute Gasteiger partial charge is 0.166 e. The van der Waals surface area contributed by atoms with E-state index in [1.165, 1.54) is 44.1 Å². The summed E-state index contributed by atoms with van der Waals surface area (Å²) in [6.45, 7) is 4.69. The molecule has 1 aliphatic rings. The Balaban J connectivity index is 1.09. The lowest BCUT2D eigenvalue weighted by Gasteiger charge is -2.42. The Morgan fingerprint density at radius 3 is 1.63 bits per heavy atom. The molecule has 10 aromatic rings. The fourth-order valence-electron chi connectivity index (χ4n) is 8.94. The van der Waals surface area contributed by atoms with Crippen molar-refractivity contribution < 1.29 is 0 Å². The van der Waals surface area contributed by atoms with Crippen molar-refractivity contribution in [1.29, 1.82) is 0 Å². The number of hydrogen-bond donors (Lipinski definition) is 0. The van der Waals surface area contributed by atoms with Crippen LogP contribution in [-0.2, 0) is 5.41 Å². The van der Waals surface area contributed by atoms with Gasteiger partial charge >= 0.3 is 0 Å². The molecular formula is C54H39N5. The van der Waals surface area contributed by atoms with Crippen LogP contribution in [0.2, 0.25) is 0 Å². The second-order valence-corrected chi connectivity index (χ2v) is 15.7. The van der Waals surface area contributed by atoms with Gasteiger partial charge in [0.1, 0.15) is 0 Å². The maximum atomic E-state index is 5.17. The molecule has 8 aromatic carbocycles. The van der Waals surface area contributed by atoms with E-state index < -0.39 is 0 Å². The molecule has 11 rings (SSSR count). The van der Waals surface area contributed by atoms with Gasteiger partial charge in [-0.15, -0.1) is 0 Å². The van der Waals surface area contributed by atoms with Gasteiger partial charge in [0.2, 0.25) is 0 Å². The van der Waals surface area contributed by atoms with Gasteiger partial charge in [-0.25, -0.2) is 15.0 Å². The number of anilines is 3. The van der Waals surface area contributed by atoms with Crippen LogP contribution in [0.5, 0.6) is 0 Å². The maximum Gasteiger partial charge on any atom is 0.166 e. The number of aromatic nitrogens is 4. The molecule has 5 nitrogen and oxygen atoms in total. The molecule has 0 atom stereocenters. The summed E-state index contributed by atoms with van der Waals surface area (Å²) in [4.78, 5) is 17.7. The average molecular weight is 758 g/mol. The molecule has 0 saturated heterocycles. The summed E-state index contributed by atoms with van der Waals surface area (Å²) in [5, 5.41) is 2.48. The Labute approximate surface area is 343 Å². The van der Waals surface area contributed by atoms with Gasteiger partial charge in [-0.2, -0.15) is 0 Å². The Morgan fingerprint density at radius 2 is 0.898 bits per heavy atom. The zero-order chi connectivity index (χ0) is 39.5. The minimum Gasteiger partial charge on any atom is -0.309 e. The normalized spacial score (nSPS) is 13.0. The third-order valence-electron chi connectivity index (χ3n) is 11.8. The molecule has 1 aliphatic heterocycles. The molecule has 0 bridgehead atoms. The van der Waals surface area contributed by atoms with Crippen LogP contribution in [0.1, 0.15) is 25.0 Å². The predicted octanol–water partition coefficient (Wildman–Crippen LogP) is 13.7. The van der Waals surface area contributed by atoms with Crippen molar-refractivity contribution in [2.75, 3.05) is 4.90 Å². The van der Waals surface area contributed by atoms with E-state index in [4.69, 9.17) is 15.0 Å². The summed E-state index contributed by atoms with van der Waals surface area (Å²) < 4.78 is 2.37. The molecule has 59 heavy (non-hydrogen) atoms. The molecule has 0 fully saturated rings. The van der Waals surface area contributed by atoms with Crippen molar-refractivity contribution in [3.63, 3.8) is 0 Å². The van der Waals surface area contributed by atoms with E-state index in [1.54, 1.807) is 0 Å². The molecule has 0 amide bonds. The van der Waals surface area contributed by atoms with Gasteiger partial charge in [-0.05, 0) is 82.9 Å². The van der Waals surface area contributed by atoms with Crippen LogP contribution in [-0.4, -0.2) is 19.5 Å². The van der Waals surface area contributed by atoms with Crippen molar-refractivity contribution in [2.45, 2.75) is 19.3 Å². The molecule has 5 heteroatoms. The Kier molecular flexibility index (Phi) is 8.09. The van der Waals surface area contributed by atoms with Crippen LogP contribution < -0.4 is 4.90 Å². The highest BCUT2D eigenvalue weighted by molar-refractivity contribution is 6.10. The third-order valence-corrected chi connectivity index (χ3v) is 11.8. The number of hydrogen-bond acceptors (Lipinski definition) is 4. The minimum absolute atomic E-state index is 0.283. The highest BCUT2D eigenvalue weighted by Crippen LogP contribution is 2.54. The topological polar surface area (TPSA) is 46.8 Å². The largest absolute Gasteiger partial charge is 0.309 e. The molecule has 0 radical (unpaired) electrons. The Bertz CT molecular complexity index is 3130. The van der Waals surface area contributed by atoms with Gasteiger partial charge in [0.15, 0.2) is 17.5 Å². The third kappa shape index (κ3) is 5.73. The minimum atomic E-state index is -0.283. The zero-order valence-electron chi connectivity index (χ0n) is 32.8. The molecule has 0 aliphatic carbocycles. The van der Waals surface area contributed by atoms with Crippen molar-refractivity contribution in [2.24, 2.45) is 0 Å². The van der Waals surface area contributed by atoms with Gasteiger partial charge in [0.25, 0.3) is 0 Å². The van der Waals surface area contributed by atoms with Crippen molar-refractivity contribution >= 4 is 38.9 Å². The van der Waals surface area contributed by atoms with E-state index in [0.717, 1.165) is 39.4 Å². The summed E-state index contributed by atoms with van der Waals surface area (Å²) >= 11 is 0. The summed E-state index contributed by atoms with van der Waals surface area (Å²) in [6.07, 6.45) is 0. The fourth-order valence-corrected chi connectivity index (χ4v) is 8.94. The van der Waals surface area contributed by atoms with Gasteiger partial charge in [0, 0.05) is 38.6 Å². The van der Waals surface area contributed by atoms with Crippen LogP contribution in [0, 0.1) is 0 Å². The maximum absolute atomic E-state index is 5.17. The molecule has 0 N–H and O–H groups in total. The summed E-state index contributed by atoms with van der Waals surface area (Å²) in [6, 6.07) is 70.9. The summed E-state index contributed by atoms with van der Waals surface area (Å²) in [7, 11) is 0. The molecule has 3 heterocycles. The lowest BCUT2D eigenvalue weighted by atomic mass is 9.72. The standard InChI is InChI=1S/C54H39N5/c1-54(2)44-26-14-17-29-49(44)59(47-28-16-13-25-42(47)53-56-51(36-18-6-3-7-19-36)55-52(57-53)37-20-8-4-9-21-37)50-33-31-39(35-45(50)54)38-30-32-48-43(34-38)41-24-12-15-27-46(41)58(48)40-22-10-5-11-23-40/h3-35H,1-2H3. The number of benzene rings is 8. The number of para-hydroxylation sites is 4. The van der Waals surface area contributed by atoms with E-state index in [2.05, 4.69) is 187 Å².